The van der Waals surface area contributed by atoms with E-state index in [1.54, 1.807) is 18.3 Å². The Bertz CT molecular complexity index is 565. The van der Waals surface area contributed by atoms with Gasteiger partial charge in [0.05, 0.1) is 11.6 Å². The van der Waals surface area contributed by atoms with Crippen molar-refractivity contribution in [3.63, 3.8) is 0 Å². The van der Waals surface area contributed by atoms with E-state index in [9.17, 15) is 4.79 Å². The third kappa shape index (κ3) is 2.54. The summed E-state index contributed by atoms with van der Waals surface area (Å²) in [5.74, 6) is 0.966. The van der Waals surface area contributed by atoms with Crippen LogP contribution in [0, 0.1) is 0 Å². The molecule has 0 amide bonds. The van der Waals surface area contributed by atoms with Crippen molar-refractivity contribution in [1.82, 2.24) is 9.55 Å². The quantitative estimate of drug-likeness (QED) is 0.796. The largest absolute Gasteiger partial charge is 0.367 e. The third-order valence-electron chi connectivity index (χ3n) is 2.85. The standard InChI is InChI=1S/C13H14ClN3O/c1-16-6-5-15-13(16)8-17(2)11-4-3-10(9-18)12(14)7-11/h3-7,9H,8H2,1-2H3. The zero-order valence-electron chi connectivity index (χ0n) is 10.3. The van der Waals surface area contributed by atoms with Crippen LogP contribution in [0.15, 0.2) is 30.6 Å². The van der Waals surface area contributed by atoms with Crippen LogP contribution >= 0.6 is 11.6 Å². The Morgan fingerprint density at radius 3 is 2.83 bits per heavy atom. The lowest BCUT2D eigenvalue weighted by Gasteiger charge is -2.19. The Kier molecular flexibility index (Phi) is 3.67. The lowest BCUT2D eigenvalue weighted by atomic mass is 10.2. The highest BCUT2D eigenvalue weighted by Gasteiger charge is 2.08. The second-order valence-corrected chi connectivity index (χ2v) is 4.54. The van der Waals surface area contributed by atoms with E-state index in [0.29, 0.717) is 17.1 Å². The zero-order valence-corrected chi connectivity index (χ0v) is 11.1. The van der Waals surface area contributed by atoms with Gasteiger partial charge in [0.25, 0.3) is 0 Å². The second-order valence-electron chi connectivity index (χ2n) is 4.13. The summed E-state index contributed by atoms with van der Waals surface area (Å²) in [5.41, 5.74) is 1.46. The summed E-state index contributed by atoms with van der Waals surface area (Å²) in [6, 6.07) is 5.38. The molecular weight excluding hydrogens is 250 g/mol. The predicted molar refractivity (Wildman–Crippen MR) is 72.2 cm³/mol. The second kappa shape index (κ2) is 5.23. The molecule has 0 spiro atoms. The first-order valence-electron chi connectivity index (χ1n) is 5.54. The van der Waals surface area contributed by atoms with Crippen molar-refractivity contribution in [3.8, 4) is 0 Å². The number of nitrogens with zero attached hydrogens (tertiary/aromatic N) is 3. The maximum Gasteiger partial charge on any atom is 0.151 e. The molecule has 2 aromatic rings. The first-order valence-corrected chi connectivity index (χ1v) is 5.91. The van der Waals surface area contributed by atoms with Gasteiger partial charge in [-0.2, -0.15) is 0 Å². The summed E-state index contributed by atoms with van der Waals surface area (Å²) in [7, 11) is 3.92. The summed E-state index contributed by atoms with van der Waals surface area (Å²) in [6.45, 7) is 0.681. The molecule has 0 unspecified atom stereocenters. The van der Waals surface area contributed by atoms with Crippen LogP contribution in [0.3, 0.4) is 0 Å². The fraction of sp³-hybridized carbons (Fsp3) is 0.231. The van der Waals surface area contributed by atoms with Crippen molar-refractivity contribution in [3.05, 3.63) is 47.0 Å². The van der Waals surface area contributed by atoms with Crippen molar-refractivity contribution in [2.75, 3.05) is 11.9 Å². The average molecular weight is 264 g/mol. The van der Waals surface area contributed by atoms with Crippen LogP contribution in [0.1, 0.15) is 16.2 Å². The van der Waals surface area contributed by atoms with Crippen molar-refractivity contribution >= 4 is 23.6 Å². The number of anilines is 1. The molecule has 18 heavy (non-hydrogen) atoms. The van der Waals surface area contributed by atoms with Gasteiger partial charge in [0.1, 0.15) is 5.82 Å². The first kappa shape index (κ1) is 12.6. The van der Waals surface area contributed by atoms with Gasteiger partial charge in [-0.25, -0.2) is 4.98 Å². The first-order chi connectivity index (χ1) is 8.61. The van der Waals surface area contributed by atoms with Crippen LogP contribution in [-0.2, 0) is 13.6 Å². The molecule has 0 aliphatic carbocycles. The molecule has 1 aromatic heterocycles. The van der Waals surface area contributed by atoms with E-state index in [2.05, 4.69) is 4.98 Å². The molecule has 1 aromatic carbocycles. The van der Waals surface area contributed by atoms with Crippen molar-refractivity contribution in [1.29, 1.82) is 0 Å². The minimum absolute atomic E-state index is 0.467. The Labute approximate surface area is 111 Å². The molecule has 0 atom stereocenters. The van der Waals surface area contributed by atoms with Crippen LogP contribution in [-0.4, -0.2) is 22.9 Å². The van der Waals surface area contributed by atoms with E-state index in [4.69, 9.17) is 11.6 Å². The summed E-state index contributed by atoms with van der Waals surface area (Å²) in [5, 5.41) is 0.467. The number of aryl methyl sites for hydroxylation is 1. The molecule has 0 aliphatic heterocycles. The fourth-order valence-corrected chi connectivity index (χ4v) is 1.92. The third-order valence-corrected chi connectivity index (χ3v) is 3.18. The Morgan fingerprint density at radius 1 is 1.50 bits per heavy atom. The normalized spacial score (nSPS) is 10.4. The van der Waals surface area contributed by atoms with E-state index >= 15 is 0 Å². The molecule has 1 heterocycles. The number of imidazole rings is 1. The van der Waals surface area contributed by atoms with Gasteiger partial charge in [0.2, 0.25) is 0 Å². The fourth-order valence-electron chi connectivity index (χ4n) is 1.70. The Balaban J connectivity index is 2.19. The van der Waals surface area contributed by atoms with Gasteiger partial charge in [-0.05, 0) is 18.2 Å². The van der Waals surface area contributed by atoms with Gasteiger partial charge >= 0.3 is 0 Å². The molecular formula is C13H14ClN3O. The highest BCUT2D eigenvalue weighted by atomic mass is 35.5. The molecule has 4 nitrogen and oxygen atoms in total. The molecule has 2 rings (SSSR count). The predicted octanol–water partition coefficient (Wildman–Crippen LogP) is 2.52. The molecule has 5 heteroatoms. The Hall–Kier alpha value is -1.81. The number of carbonyl (C=O) groups excluding carboxylic acids is 1. The number of hydrogen-bond donors (Lipinski definition) is 0. The molecule has 0 bridgehead atoms. The molecule has 94 valence electrons. The van der Waals surface area contributed by atoms with Gasteiger partial charge in [0.15, 0.2) is 6.29 Å². The van der Waals surface area contributed by atoms with Crippen molar-refractivity contribution in [2.45, 2.75) is 6.54 Å². The van der Waals surface area contributed by atoms with Crippen LogP contribution < -0.4 is 4.90 Å². The summed E-state index contributed by atoms with van der Waals surface area (Å²) >= 11 is 6.01. The minimum Gasteiger partial charge on any atom is -0.367 e. The zero-order chi connectivity index (χ0) is 13.1. The van der Waals surface area contributed by atoms with E-state index in [1.165, 1.54) is 0 Å². The van der Waals surface area contributed by atoms with E-state index in [1.807, 2.05) is 35.8 Å². The van der Waals surface area contributed by atoms with Gasteiger partial charge < -0.3 is 9.47 Å². The van der Waals surface area contributed by atoms with Crippen LogP contribution in [0.5, 0.6) is 0 Å². The van der Waals surface area contributed by atoms with E-state index in [-0.39, 0.29) is 0 Å². The monoisotopic (exact) mass is 263 g/mol. The maximum atomic E-state index is 10.7. The van der Waals surface area contributed by atoms with Crippen LogP contribution in [0.2, 0.25) is 5.02 Å². The molecule has 0 aliphatic rings. The minimum atomic E-state index is 0.467. The maximum absolute atomic E-state index is 10.7. The van der Waals surface area contributed by atoms with E-state index in [0.717, 1.165) is 17.8 Å². The highest BCUT2D eigenvalue weighted by molar-refractivity contribution is 6.33. The van der Waals surface area contributed by atoms with E-state index < -0.39 is 0 Å². The van der Waals surface area contributed by atoms with Crippen molar-refractivity contribution in [2.24, 2.45) is 7.05 Å². The number of aromatic nitrogens is 2. The molecule has 0 fully saturated rings. The summed E-state index contributed by atoms with van der Waals surface area (Å²) < 4.78 is 1.97. The smallest absolute Gasteiger partial charge is 0.151 e. The average Bonchev–Trinajstić information content (AvgIpc) is 2.75. The lowest BCUT2D eigenvalue weighted by molar-refractivity contribution is 0.112. The number of halogens is 1. The summed E-state index contributed by atoms with van der Waals surface area (Å²) in [6.07, 6.45) is 4.43. The number of benzene rings is 1. The van der Waals surface area contributed by atoms with Crippen molar-refractivity contribution < 1.29 is 4.79 Å². The molecule has 0 saturated carbocycles. The van der Waals surface area contributed by atoms with Gasteiger partial charge in [-0.3, -0.25) is 4.79 Å². The molecule has 0 saturated heterocycles. The SMILES string of the molecule is CN(Cc1nccn1C)c1ccc(C=O)c(Cl)c1. The van der Waals surface area contributed by atoms with Gasteiger partial charge in [0, 0.05) is 37.7 Å². The van der Waals surface area contributed by atoms with Crippen LogP contribution in [0.4, 0.5) is 5.69 Å². The number of hydrogen-bond acceptors (Lipinski definition) is 3. The lowest BCUT2D eigenvalue weighted by Crippen LogP contribution is -2.19. The molecule has 0 N–H and O–H groups in total. The number of carbonyl (C=O) groups is 1. The van der Waals surface area contributed by atoms with Gasteiger partial charge in [-0.1, -0.05) is 11.6 Å². The highest BCUT2D eigenvalue weighted by Crippen LogP contribution is 2.22. The van der Waals surface area contributed by atoms with Gasteiger partial charge in [-0.15, -0.1) is 0 Å². The topological polar surface area (TPSA) is 38.1 Å². The number of rotatable bonds is 4. The number of aldehydes is 1. The van der Waals surface area contributed by atoms with Crippen LogP contribution in [0.25, 0.3) is 0 Å². The molecule has 0 radical (unpaired) electrons. The Morgan fingerprint density at radius 2 is 2.28 bits per heavy atom. The summed E-state index contributed by atoms with van der Waals surface area (Å²) in [4.78, 5) is 17.0.